The second-order valence-corrected chi connectivity index (χ2v) is 7.07. The Morgan fingerprint density at radius 1 is 1.16 bits per heavy atom. The number of ether oxygens (including phenoxy) is 1. The van der Waals surface area contributed by atoms with Crippen molar-refractivity contribution in [2.75, 3.05) is 6.61 Å². The van der Waals surface area contributed by atoms with Crippen molar-refractivity contribution in [2.45, 2.75) is 51.2 Å². The number of rotatable bonds is 6. The molecule has 1 aromatic carbocycles. The molecule has 0 aliphatic rings. The lowest BCUT2D eigenvalue weighted by Gasteiger charge is -2.27. The molecule has 4 nitrogen and oxygen atoms in total. The zero-order valence-corrected chi connectivity index (χ0v) is 13.0. The van der Waals surface area contributed by atoms with Crippen LogP contribution in [0.4, 0.5) is 0 Å². The summed E-state index contributed by atoms with van der Waals surface area (Å²) < 4.78 is 34.7. The van der Waals surface area contributed by atoms with Gasteiger partial charge < -0.3 is 4.74 Å². The highest BCUT2D eigenvalue weighted by Crippen LogP contribution is 2.18. The van der Waals surface area contributed by atoms with Gasteiger partial charge >= 0.3 is 0 Å². The Morgan fingerprint density at radius 3 is 2.16 bits per heavy atom. The summed E-state index contributed by atoms with van der Waals surface area (Å²) in [6.07, 6.45) is 0.0145. The lowest BCUT2D eigenvalue weighted by atomic mass is 10.1. The summed E-state index contributed by atoms with van der Waals surface area (Å²) in [6.45, 7) is 9.29. The van der Waals surface area contributed by atoms with Crippen molar-refractivity contribution >= 4 is 10.1 Å². The molecule has 0 spiro atoms. The van der Waals surface area contributed by atoms with Gasteiger partial charge in [-0.15, -0.1) is 0 Å². The van der Waals surface area contributed by atoms with Gasteiger partial charge in [-0.05, 0) is 46.8 Å². The summed E-state index contributed by atoms with van der Waals surface area (Å²) in [5.41, 5.74) is 0.355. The van der Waals surface area contributed by atoms with Crippen LogP contribution in [0.25, 0.3) is 0 Å². The summed E-state index contributed by atoms with van der Waals surface area (Å²) in [6, 6.07) is 6.57. The monoisotopic (exact) mass is 286 g/mol. The smallest absolute Gasteiger partial charge is 0.297 e. The van der Waals surface area contributed by atoms with E-state index >= 15 is 0 Å². The molecule has 5 heteroatoms. The number of hydrogen-bond acceptors (Lipinski definition) is 4. The van der Waals surface area contributed by atoms with E-state index < -0.39 is 15.7 Å². The molecule has 108 valence electrons. The summed E-state index contributed by atoms with van der Waals surface area (Å²) in [7, 11) is -3.73. The first-order chi connectivity index (χ1) is 8.62. The van der Waals surface area contributed by atoms with Crippen molar-refractivity contribution in [3.05, 3.63) is 29.8 Å². The molecular weight excluding hydrogens is 264 g/mol. The molecule has 0 aliphatic heterocycles. The van der Waals surface area contributed by atoms with E-state index in [9.17, 15) is 8.42 Å². The molecule has 0 atom stereocenters. The molecule has 0 bridgehead atoms. The van der Waals surface area contributed by atoms with Crippen molar-refractivity contribution in [3.8, 4) is 0 Å². The highest BCUT2D eigenvalue weighted by molar-refractivity contribution is 7.86. The molecule has 0 saturated carbocycles. The van der Waals surface area contributed by atoms with Crippen LogP contribution >= 0.6 is 0 Å². The normalized spacial score (nSPS) is 12.9. The Labute approximate surface area is 115 Å². The van der Waals surface area contributed by atoms with Gasteiger partial charge in [0.05, 0.1) is 23.2 Å². The first-order valence-electron chi connectivity index (χ1n) is 6.26. The fraction of sp³-hybridized carbons (Fsp3) is 0.571. The van der Waals surface area contributed by atoms with Crippen LogP contribution in [0.3, 0.4) is 0 Å². The van der Waals surface area contributed by atoms with E-state index in [4.69, 9.17) is 8.92 Å². The van der Waals surface area contributed by atoms with Gasteiger partial charge in [0, 0.05) is 0 Å². The fourth-order valence-corrected chi connectivity index (χ4v) is 2.71. The molecule has 0 fully saturated rings. The molecular formula is C14H22O4S. The van der Waals surface area contributed by atoms with Gasteiger partial charge in [-0.3, -0.25) is 4.18 Å². The summed E-state index contributed by atoms with van der Waals surface area (Å²) in [5.74, 6) is 0. The second-order valence-electron chi connectivity index (χ2n) is 5.46. The largest absolute Gasteiger partial charge is 0.370 e. The zero-order valence-electron chi connectivity index (χ0n) is 12.1. The Morgan fingerprint density at radius 2 is 1.68 bits per heavy atom. The van der Waals surface area contributed by atoms with Gasteiger partial charge in [0.2, 0.25) is 0 Å². The molecule has 0 aromatic heterocycles. The molecule has 0 saturated heterocycles. The average molecular weight is 286 g/mol. The van der Waals surface area contributed by atoms with E-state index in [-0.39, 0.29) is 17.6 Å². The first-order valence-corrected chi connectivity index (χ1v) is 7.67. The molecule has 1 rings (SSSR count). The van der Waals surface area contributed by atoms with Crippen LogP contribution < -0.4 is 0 Å². The van der Waals surface area contributed by atoms with E-state index in [1.807, 2.05) is 20.8 Å². The SMILES string of the molecule is Cc1ccc(S(=O)(=O)OCC(C)(C)OC(C)C)cc1. The van der Waals surface area contributed by atoms with Crippen molar-refractivity contribution in [3.63, 3.8) is 0 Å². The van der Waals surface area contributed by atoms with Crippen molar-refractivity contribution in [1.29, 1.82) is 0 Å². The third kappa shape index (κ3) is 5.30. The van der Waals surface area contributed by atoms with E-state index in [2.05, 4.69) is 0 Å². The Balaban J connectivity index is 2.73. The molecule has 0 radical (unpaired) electrons. The quantitative estimate of drug-likeness (QED) is 0.755. The van der Waals surface area contributed by atoms with Gasteiger partial charge in [0.15, 0.2) is 0 Å². The minimum absolute atomic E-state index is 0.0125. The van der Waals surface area contributed by atoms with E-state index in [1.165, 1.54) is 0 Å². The van der Waals surface area contributed by atoms with Crippen molar-refractivity contribution < 1.29 is 17.3 Å². The van der Waals surface area contributed by atoms with Crippen LogP contribution in [0.2, 0.25) is 0 Å². The minimum Gasteiger partial charge on any atom is -0.370 e. The fourth-order valence-electron chi connectivity index (χ4n) is 1.66. The molecule has 1 aromatic rings. The maximum atomic E-state index is 12.0. The van der Waals surface area contributed by atoms with Crippen LogP contribution in [0.5, 0.6) is 0 Å². The van der Waals surface area contributed by atoms with Crippen LogP contribution in [0, 0.1) is 6.92 Å². The lowest BCUT2D eigenvalue weighted by Crippen LogP contribution is -2.34. The van der Waals surface area contributed by atoms with Gasteiger partial charge in [0.25, 0.3) is 10.1 Å². The summed E-state index contributed by atoms with van der Waals surface area (Å²) >= 11 is 0. The van der Waals surface area contributed by atoms with E-state index in [0.717, 1.165) is 5.56 Å². The minimum atomic E-state index is -3.73. The van der Waals surface area contributed by atoms with Crippen LogP contribution in [-0.2, 0) is 19.0 Å². The molecule has 0 unspecified atom stereocenters. The van der Waals surface area contributed by atoms with Crippen LogP contribution in [0.15, 0.2) is 29.2 Å². The first kappa shape index (κ1) is 16.1. The molecule has 0 aliphatic carbocycles. The molecule has 0 N–H and O–H groups in total. The van der Waals surface area contributed by atoms with Gasteiger partial charge in [-0.25, -0.2) is 0 Å². The summed E-state index contributed by atoms with van der Waals surface area (Å²) in [4.78, 5) is 0.165. The Hall–Kier alpha value is -0.910. The third-order valence-electron chi connectivity index (χ3n) is 2.43. The maximum absolute atomic E-state index is 12.0. The summed E-state index contributed by atoms with van der Waals surface area (Å²) in [5, 5.41) is 0. The predicted molar refractivity (Wildman–Crippen MR) is 74.6 cm³/mol. The highest BCUT2D eigenvalue weighted by Gasteiger charge is 2.25. The van der Waals surface area contributed by atoms with Gasteiger partial charge in [-0.1, -0.05) is 17.7 Å². The Kier molecular flexibility index (Phi) is 5.12. The molecule has 19 heavy (non-hydrogen) atoms. The van der Waals surface area contributed by atoms with Crippen LogP contribution in [0.1, 0.15) is 33.3 Å². The van der Waals surface area contributed by atoms with Crippen LogP contribution in [-0.4, -0.2) is 26.7 Å². The predicted octanol–water partition coefficient (Wildman–Crippen LogP) is 2.90. The van der Waals surface area contributed by atoms with Gasteiger partial charge in [0.1, 0.15) is 0 Å². The second kappa shape index (κ2) is 6.03. The molecule has 0 amide bonds. The maximum Gasteiger partial charge on any atom is 0.297 e. The Bertz CT molecular complexity index is 501. The standard InChI is InChI=1S/C14H22O4S/c1-11(2)18-14(4,5)10-17-19(15,16)13-8-6-12(3)7-9-13/h6-9,11H,10H2,1-5H3. The average Bonchev–Trinajstić information content (AvgIpc) is 2.26. The number of aryl methyl sites for hydroxylation is 1. The number of benzene rings is 1. The lowest BCUT2D eigenvalue weighted by molar-refractivity contribution is -0.0777. The van der Waals surface area contributed by atoms with Crippen molar-refractivity contribution in [1.82, 2.24) is 0 Å². The number of hydrogen-bond donors (Lipinski definition) is 0. The van der Waals surface area contributed by atoms with E-state index in [1.54, 1.807) is 38.1 Å². The molecule has 0 heterocycles. The topological polar surface area (TPSA) is 52.6 Å². The van der Waals surface area contributed by atoms with E-state index in [0.29, 0.717) is 0 Å². The van der Waals surface area contributed by atoms with Crippen molar-refractivity contribution in [2.24, 2.45) is 0 Å². The zero-order chi connectivity index (χ0) is 14.7. The third-order valence-corrected chi connectivity index (χ3v) is 3.70. The highest BCUT2D eigenvalue weighted by atomic mass is 32.2. The van der Waals surface area contributed by atoms with Gasteiger partial charge in [-0.2, -0.15) is 8.42 Å².